The topological polar surface area (TPSA) is 98.5 Å². The Hall–Kier alpha value is -2.93. The highest BCUT2D eigenvalue weighted by atomic mass is 32.2. The highest BCUT2D eigenvalue weighted by Gasteiger charge is 2.17. The fourth-order valence-electron chi connectivity index (χ4n) is 2.15. The second kappa shape index (κ2) is 8.18. The molecule has 0 bridgehead atoms. The van der Waals surface area contributed by atoms with Gasteiger partial charge in [0, 0.05) is 6.07 Å². The number of aromatic nitrogens is 1. The predicted molar refractivity (Wildman–Crippen MR) is 99.4 cm³/mol. The summed E-state index contributed by atoms with van der Waals surface area (Å²) in [7, 11) is -3.79. The lowest BCUT2D eigenvalue weighted by Gasteiger charge is -2.06. The molecular formula is C18H14N2O5S2. The quantitative estimate of drug-likeness (QED) is 0.482. The Morgan fingerprint density at radius 2 is 2.15 bits per heavy atom. The molecule has 0 atom stereocenters. The lowest BCUT2D eigenvalue weighted by Crippen LogP contribution is -2.24. The molecule has 138 valence electrons. The number of carbonyl (C=O) groups is 1. The number of hydrogen-bond acceptors (Lipinski definition) is 7. The molecule has 2 heterocycles. The zero-order valence-corrected chi connectivity index (χ0v) is 15.5. The van der Waals surface area contributed by atoms with Crippen LogP contribution in [0.1, 0.15) is 16.1 Å². The normalized spacial score (nSPS) is 11.1. The van der Waals surface area contributed by atoms with Gasteiger partial charge in [-0.1, -0.05) is 23.2 Å². The van der Waals surface area contributed by atoms with Gasteiger partial charge < -0.3 is 9.26 Å². The summed E-state index contributed by atoms with van der Waals surface area (Å²) in [5.74, 6) is 2.10. The third kappa shape index (κ3) is 4.62. The standard InChI is InChI=1S/C18H14N2O5S2/c1-2-8-19-27(22,23)15-6-3-5-13(10-15)18(21)24-12-14-11-16(25-20-14)17-7-4-9-26-17/h1,3-7,9-11,19H,8,12H2. The van der Waals surface area contributed by atoms with Crippen LogP contribution in [-0.4, -0.2) is 26.1 Å². The van der Waals surface area contributed by atoms with Gasteiger partial charge >= 0.3 is 5.97 Å². The number of rotatable bonds is 7. The minimum atomic E-state index is -3.79. The van der Waals surface area contributed by atoms with E-state index < -0.39 is 16.0 Å². The third-order valence-electron chi connectivity index (χ3n) is 3.42. The molecule has 0 fully saturated rings. The average Bonchev–Trinajstić information content (AvgIpc) is 3.36. The average molecular weight is 402 g/mol. The van der Waals surface area contributed by atoms with Crippen LogP contribution in [0.15, 0.2) is 57.3 Å². The first-order valence-electron chi connectivity index (χ1n) is 7.69. The van der Waals surface area contributed by atoms with Crippen molar-refractivity contribution in [2.24, 2.45) is 0 Å². The van der Waals surface area contributed by atoms with Gasteiger partial charge in [-0.3, -0.25) is 0 Å². The molecule has 0 unspecified atom stereocenters. The summed E-state index contributed by atoms with van der Waals surface area (Å²) in [4.78, 5) is 13.1. The van der Waals surface area contributed by atoms with Gasteiger partial charge in [-0.25, -0.2) is 13.2 Å². The van der Waals surface area contributed by atoms with Crippen LogP contribution < -0.4 is 4.72 Å². The minimum Gasteiger partial charge on any atom is -0.455 e. The number of esters is 1. The Bertz CT molecular complexity index is 1080. The van der Waals surface area contributed by atoms with Gasteiger partial charge in [-0.15, -0.1) is 17.8 Å². The summed E-state index contributed by atoms with van der Waals surface area (Å²) in [5, 5.41) is 5.77. The van der Waals surface area contributed by atoms with Crippen molar-refractivity contribution in [2.45, 2.75) is 11.5 Å². The van der Waals surface area contributed by atoms with E-state index in [2.05, 4.69) is 15.8 Å². The van der Waals surface area contributed by atoms with Gasteiger partial charge in [0.25, 0.3) is 0 Å². The number of carbonyl (C=O) groups excluding carboxylic acids is 1. The van der Waals surface area contributed by atoms with E-state index in [-0.39, 0.29) is 23.6 Å². The Morgan fingerprint density at radius 3 is 2.89 bits per heavy atom. The van der Waals surface area contributed by atoms with E-state index in [1.807, 2.05) is 17.5 Å². The molecule has 7 nitrogen and oxygen atoms in total. The molecule has 1 N–H and O–H groups in total. The molecule has 0 aliphatic heterocycles. The molecule has 0 aliphatic rings. The van der Waals surface area contributed by atoms with Crippen LogP contribution in [0.5, 0.6) is 0 Å². The number of nitrogens with one attached hydrogen (secondary N) is 1. The molecule has 3 rings (SSSR count). The Kier molecular flexibility index (Phi) is 5.71. The van der Waals surface area contributed by atoms with Crippen LogP contribution >= 0.6 is 11.3 Å². The van der Waals surface area contributed by atoms with E-state index in [9.17, 15) is 13.2 Å². The molecule has 0 amide bonds. The first-order chi connectivity index (χ1) is 13.0. The van der Waals surface area contributed by atoms with Crippen molar-refractivity contribution in [3.63, 3.8) is 0 Å². The molecular weight excluding hydrogens is 388 g/mol. The van der Waals surface area contributed by atoms with Gasteiger partial charge in [-0.2, -0.15) is 4.72 Å². The van der Waals surface area contributed by atoms with Crippen LogP contribution in [-0.2, 0) is 21.4 Å². The maximum absolute atomic E-state index is 12.2. The van der Waals surface area contributed by atoms with Crippen molar-refractivity contribution in [3.8, 4) is 23.0 Å². The summed E-state index contributed by atoms with van der Waals surface area (Å²) in [5.41, 5.74) is 0.548. The SMILES string of the molecule is C#CCNS(=O)(=O)c1cccc(C(=O)OCc2cc(-c3cccs3)on2)c1. The number of benzene rings is 1. The molecule has 3 aromatic rings. The fraction of sp³-hybridized carbons (Fsp3) is 0.111. The lowest BCUT2D eigenvalue weighted by molar-refractivity contribution is 0.0464. The summed E-state index contributed by atoms with van der Waals surface area (Å²) >= 11 is 1.50. The van der Waals surface area contributed by atoms with Crippen LogP contribution in [0.4, 0.5) is 0 Å². The third-order valence-corrected chi connectivity index (χ3v) is 5.70. The zero-order chi connectivity index (χ0) is 19.3. The minimum absolute atomic E-state index is 0.0754. The largest absolute Gasteiger partial charge is 0.455 e. The number of hydrogen-bond donors (Lipinski definition) is 1. The smallest absolute Gasteiger partial charge is 0.338 e. The summed E-state index contributed by atoms with van der Waals surface area (Å²) in [6, 6.07) is 11.0. The fourth-order valence-corrected chi connectivity index (χ4v) is 3.80. The van der Waals surface area contributed by atoms with Gasteiger partial charge in [0.1, 0.15) is 12.3 Å². The van der Waals surface area contributed by atoms with Crippen LogP contribution in [0.3, 0.4) is 0 Å². The molecule has 1 aromatic carbocycles. The first-order valence-corrected chi connectivity index (χ1v) is 10.1. The Balaban J connectivity index is 1.67. The van der Waals surface area contributed by atoms with Crippen molar-refractivity contribution in [3.05, 3.63) is 59.1 Å². The van der Waals surface area contributed by atoms with Gasteiger partial charge in [-0.05, 0) is 29.6 Å². The van der Waals surface area contributed by atoms with Gasteiger partial charge in [0.05, 0.1) is 21.9 Å². The molecule has 0 radical (unpaired) electrons. The monoisotopic (exact) mass is 402 g/mol. The van der Waals surface area contributed by atoms with E-state index >= 15 is 0 Å². The summed E-state index contributed by atoms with van der Waals surface area (Å²) < 4.78 is 36.8. The number of ether oxygens (including phenoxy) is 1. The number of nitrogens with zero attached hydrogens (tertiary/aromatic N) is 1. The second-order valence-corrected chi connectivity index (χ2v) is 8.01. The van der Waals surface area contributed by atoms with Crippen molar-refractivity contribution < 1.29 is 22.5 Å². The molecule has 0 spiro atoms. The maximum atomic E-state index is 12.2. The molecule has 0 saturated heterocycles. The Labute approximate surface area is 160 Å². The van der Waals surface area contributed by atoms with E-state index in [1.165, 1.54) is 35.6 Å². The predicted octanol–water partition coefficient (Wildman–Crippen LogP) is 2.67. The van der Waals surface area contributed by atoms with Crippen LogP contribution in [0, 0.1) is 12.3 Å². The van der Waals surface area contributed by atoms with Crippen molar-refractivity contribution >= 4 is 27.3 Å². The summed E-state index contributed by atoms with van der Waals surface area (Å²) in [6.07, 6.45) is 5.06. The maximum Gasteiger partial charge on any atom is 0.338 e. The highest BCUT2D eigenvalue weighted by Crippen LogP contribution is 2.25. The first kappa shape index (κ1) is 18.8. The van der Waals surface area contributed by atoms with Crippen LogP contribution in [0.2, 0.25) is 0 Å². The van der Waals surface area contributed by atoms with Crippen molar-refractivity contribution in [1.29, 1.82) is 0 Å². The van der Waals surface area contributed by atoms with Gasteiger partial charge in [0.15, 0.2) is 5.76 Å². The number of thiophene rings is 1. The molecule has 0 saturated carbocycles. The van der Waals surface area contributed by atoms with E-state index in [1.54, 1.807) is 6.07 Å². The van der Waals surface area contributed by atoms with Crippen molar-refractivity contribution in [2.75, 3.05) is 6.54 Å². The lowest BCUT2D eigenvalue weighted by atomic mass is 10.2. The Morgan fingerprint density at radius 1 is 1.30 bits per heavy atom. The zero-order valence-electron chi connectivity index (χ0n) is 13.9. The molecule has 9 heteroatoms. The van der Waals surface area contributed by atoms with E-state index in [0.717, 1.165) is 4.88 Å². The second-order valence-electron chi connectivity index (χ2n) is 5.29. The highest BCUT2D eigenvalue weighted by molar-refractivity contribution is 7.89. The molecule has 0 aliphatic carbocycles. The van der Waals surface area contributed by atoms with E-state index in [4.69, 9.17) is 15.7 Å². The van der Waals surface area contributed by atoms with Crippen molar-refractivity contribution in [1.82, 2.24) is 9.88 Å². The van der Waals surface area contributed by atoms with Crippen LogP contribution in [0.25, 0.3) is 10.6 Å². The number of terminal acetylenes is 1. The van der Waals surface area contributed by atoms with Gasteiger partial charge in [0.2, 0.25) is 10.0 Å². The number of sulfonamides is 1. The molecule has 27 heavy (non-hydrogen) atoms. The summed E-state index contributed by atoms with van der Waals surface area (Å²) in [6.45, 7) is -0.240. The van der Waals surface area contributed by atoms with E-state index in [0.29, 0.717) is 11.5 Å². The molecule has 2 aromatic heterocycles.